The Labute approximate surface area is 108 Å². The molecular formula is C15H21F2N. The number of benzene rings is 1. The molecule has 0 aliphatic carbocycles. The lowest BCUT2D eigenvalue weighted by atomic mass is 9.88. The van der Waals surface area contributed by atoms with Gasteiger partial charge in [0.25, 0.3) is 5.92 Å². The van der Waals surface area contributed by atoms with Crippen LogP contribution in [-0.2, 0) is 5.92 Å². The van der Waals surface area contributed by atoms with Crippen molar-refractivity contribution in [1.82, 2.24) is 5.32 Å². The summed E-state index contributed by atoms with van der Waals surface area (Å²) in [7, 11) is 0. The van der Waals surface area contributed by atoms with Crippen molar-refractivity contribution in [3.63, 3.8) is 0 Å². The predicted molar refractivity (Wildman–Crippen MR) is 70.0 cm³/mol. The van der Waals surface area contributed by atoms with Crippen molar-refractivity contribution < 1.29 is 8.78 Å². The van der Waals surface area contributed by atoms with Gasteiger partial charge >= 0.3 is 0 Å². The quantitative estimate of drug-likeness (QED) is 0.861. The molecule has 1 nitrogen and oxygen atoms in total. The number of halogens is 2. The highest BCUT2D eigenvalue weighted by Gasteiger charge is 2.35. The summed E-state index contributed by atoms with van der Waals surface area (Å²) in [6.45, 7) is 5.07. The Balaban J connectivity index is 2.24. The average molecular weight is 253 g/mol. The van der Waals surface area contributed by atoms with Gasteiger partial charge in [-0.05, 0) is 36.9 Å². The van der Waals surface area contributed by atoms with Crippen molar-refractivity contribution in [1.29, 1.82) is 0 Å². The summed E-state index contributed by atoms with van der Waals surface area (Å²) >= 11 is 0. The predicted octanol–water partition coefficient (Wildman–Crippen LogP) is 3.90. The molecule has 1 atom stereocenters. The van der Waals surface area contributed by atoms with Gasteiger partial charge in [-0.3, -0.25) is 0 Å². The Morgan fingerprint density at radius 3 is 2.72 bits per heavy atom. The van der Waals surface area contributed by atoms with Crippen LogP contribution in [0.5, 0.6) is 0 Å². The molecule has 100 valence electrons. The fraction of sp³-hybridized carbons (Fsp3) is 0.600. The van der Waals surface area contributed by atoms with Crippen LogP contribution >= 0.6 is 0 Å². The van der Waals surface area contributed by atoms with Gasteiger partial charge in [0.05, 0.1) is 0 Å². The number of piperidine rings is 1. The molecule has 1 fully saturated rings. The fourth-order valence-electron chi connectivity index (χ4n) is 2.47. The average Bonchev–Trinajstić information content (AvgIpc) is 2.40. The zero-order chi connectivity index (χ0) is 13.2. The van der Waals surface area contributed by atoms with Gasteiger partial charge in [0.1, 0.15) is 0 Å². The molecule has 1 saturated heterocycles. The third kappa shape index (κ3) is 2.72. The smallest absolute Gasteiger partial charge is 0.275 e. The molecule has 0 aromatic heterocycles. The number of hydrogen-bond donors (Lipinski definition) is 1. The van der Waals surface area contributed by atoms with Crippen molar-refractivity contribution >= 4 is 0 Å². The second kappa shape index (κ2) is 5.35. The van der Waals surface area contributed by atoms with E-state index in [1.165, 1.54) is 0 Å². The van der Waals surface area contributed by atoms with Gasteiger partial charge in [-0.15, -0.1) is 0 Å². The molecule has 1 N–H and O–H groups in total. The van der Waals surface area contributed by atoms with E-state index in [-0.39, 0.29) is 5.56 Å². The van der Waals surface area contributed by atoms with Gasteiger partial charge in [-0.2, -0.15) is 0 Å². The molecule has 2 rings (SSSR count). The molecule has 3 heteroatoms. The third-order valence-corrected chi connectivity index (χ3v) is 3.76. The first-order valence-corrected chi connectivity index (χ1v) is 6.70. The van der Waals surface area contributed by atoms with E-state index in [2.05, 4.69) is 5.32 Å². The second-order valence-electron chi connectivity index (χ2n) is 5.45. The van der Waals surface area contributed by atoms with Gasteiger partial charge in [0.15, 0.2) is 0 Å². The molecule has 1 unspecified atom stereocenters. The molecule has 1 aromatic carbocycles. The monoisotopic (exact) mass is 253 g/mol. The highest BCUT2D eigenvalue weighted by Crippen LogP contribution is 2.37. The molecule has 1 aliphatic rings. The first-order chi connectivity index (χ1) is 8.51. The van der Waals surface area contributed by atoms with Crippen LogP contribution in [-0.4, -0.2) is 13.1 Å². The number of hydrogen-bond acceptors (Lipinski definition) is 1. The summed E-state index contributed by atoms with van der Waals surface area (Å²) in [4.78, 5) is 0. The molecule has 0 saturated carbocycles. The van der Waals surface area contributed by atoms with Crippen LogP contribution in [0.15, 0.2) is 24.3 Å². The number of alkyl halides is 2. The summed E-state index contributed by atoms with van der Waals surface area (Å²) in [5, 5.41) is 3.33. The van der Waals surface area contributed by atoms with Gasteiger partial charge in [0.2, 0.25) is 0 Å². The molecular weight excluding hydrogens is 232 g/mol. The highest BCUT2D eigenvalue weighted by molar-refractivity contribution is 5.30. The van der Waals surface area contributed by atoms with Gasteiger partial charge in [-0.25, -0.2) is 8.78 Å². The molecule has 0 amide bonds. The van der Waals surface area contributed by atoms with Crippen LogP contribution < -0.4 is 5.32 Å². The first-order valence-electron chi connectivity index (χ1n) is 6.70. The molecule has 1 heterocycles. The van der Waals surface area contributed by atoms with Crippen LogP contribution in [0.2, 0.25) is 0 Å². The minimum Gasteiger partial charge on any atom is -0.316 e. The Hall–Kier alpha value is -0.960. The Bertz CT molecular complexity index is 395. The molecule has 0 spiro atoms. The lowest BCUT2D eigenvalue weighted by Crippen LogP contribution is -2.28. The van der Waals surface area contributed by atoms with E-state index < -0.39 is 11.8 Å². The van der Waals surface area contributed by atoms with Crippen LogP contribution in [0.1, 0.15) is 43.7 Å². The first kappa shape index (κ1) is 13.5. The molecule has 0 radical (unpaired) electrons. The second-order valence-corrected chi connectivity index (χ2v) is 5.45. The van der Waals surface area contributed by atoms with E-state index >= 15 is 0 Å². The summed E-state index contributed by atoms with van der Waals surface area (Å²) in [5.74, 6) is -3.03. The maximum atomic E-state index is 14.0. The van der Waals surface area contributed by atoms with Crippen molar-refractivity contribution in [2.24, 2.45) is 5.92 Å². The van der Waals surface area contributed by atoms with Crippen LogP contribution in [0.4, 0.5) is 8.78 Å². The minimum absolute atomic E-state index is 0.153. The Morgan fingerprint density at radius 1 is 1.33 bits per heavy atom. The SMILES string of the molecule is CC(C)C(F)(F)c1cccc(C2CCCNC2)c1. The lowest BCUT2D eigenvalue weighted by molar-refractivity contribution is -0.0514. The van der Waals surface area contributed by atoms with E-state index in [9.17, 15) is 8.78 Å². The summed E-state index contributed by atoms with van der Waals surface area (Å²) < 4.78 is 28.0. The maximum Gasteiger partial charge on any atom is 0.275 e. The van der Waals surface area contributed by atoms with E-state index in [0.717, 1.165) is 31.5 Å². The van der Waals surface area contributed by atoms with Crippen molar-refractivity contribution in [2.75, 3.05) is 13.1 Å². The van der Waals surface area contributed by atoms with Crippen molar-refractivity contribution in [3.05, 3.63) is 35.4 Å². The summed E-state index contributed by atoms with van der Waals surface area (Å²) in [5.41, 5.74) is 1.19. The maximum absolute atomic E-state index is 14.0. The van der Waals surface area contributed by atoms with E-state index in [0.29, 0.717) is 5.92 Å². The van der Waals surface area contributed by atoms with Gasteiger partial charge in [0, 0.05) is 18.0 Å². The molecule has 1 aliphatic heterocycles. The normalized spacial score (nSPS) is 21.3. The van der Waals surface area contributed by atoms with Crippen LogP contribution in [0.25, 0.3) is 0 Å². The number of rotatable bonds is 3. The van der Waals surface area contributed by atoms with Gasteiger partial charge in [-0.1, -0.05) is 32.0 Å². The zero-order valence-corrected chi connectivity index (χ0v) is 11.0. The van der Waals surface area contributed by atoms with E-state index in [1.807, 2.05) is 6.07 Å². The standard InChI is InChI=1S/C15H21F2N/c1-11(2)15(16,17)14-7-3-5-12(9-14)13-6-4-8-18-10-13/h3,5,7,9,11,13,18H,4,6,8,10H2,1-2H3. The third-order valence-electron chi connectivity index (χ3n) is 3.76. The van der Waals surface area contributed by atoms with Crippen LogP contribution in [0.3, 0.4) is 0 Å². The summed E-state index contributed by atoms with van der Waals surface area (Å²) in [6.07, 6.45) is 2.21. The lowest BCUT2D eigenvalue weighted by Gasteiger charge is -2.26. The van der Waals surface area contributed by atoms with E-state index in [1.54, 1.807) is 32.0 Å². The summed E-state index contributed by atoms with van der Waals surface area (Å²) in [6, 6.07) is 6.96. The molecule has 0 bridgehead atoms. The van der Waals surface area contributed by atoms with Gasteiger partial charge < -0.3 is 5.32 Å². The zero-order valence-electron chi connectivity index (χ0n) is 11.0. The van der Waals surface area contributed by atoms with Crippen molar-refractivity contribution in [2.45, 2.75) is 38.5 Å². The Kier molecular flexibility index (Phi) is 4.00. The molecule has 18 heavy (non-hydrogen) atoms. The fourth-order valence-corrected chi connectivity index (χ4v) is 2.47. The Morgan fingerprint density at radius 2 is 2.11 bits per heavy atom. The van der Waals surface area contributed by atoms with Crippen LogP contribution in [0, 0.1) is 5.92 Å². The highest BCUT2D eigenvalue weighted by atomic mass is 19.3. The largest absolute Gasteiger partial charge is 0.316 e. The minimum atomic E-state index is -2.74. The topological polar surface area (TPSA) is 12.0 Å². The number of nitrogens with one attached hydrogen (secondary N) is 1. The van der Waals surface area contributed by atoms with Crippen molar-refractivity contribution in [3.8, 4) is 0 Å². The van der Waals surface area contributed by atoms with E-state index in [4.69, 9.17) is 0 Å². The molecule has 1 aromatic rings.